The predicted molar refractivity (Wildman–Crippen MR) is 77.2 cm³/mol. The van der Waals surface area contributed by atoms with Gasteiger partial charge in [-0.05, 0) is 31.0 Å². The molecule has 1 aromatic heterocycles. The summed E-state index contributed by atoms with van der Waals surface area (Å²) >= 11 is 0. The van der Waals surface area contributed by atoms with Crippen molar-refractivity contribution in [1.82, 2.24) is 10.5 Å². The lowest BCUT2D eigenvalue weighted by atomic mass is 10.0. The van der Waals surface area contributed by atoms with Gasteiger partial charge in [-0.15, -0.1) is 0 Å². The van der Waals surface area contributed by atoms with Gasteiger partial charge in [0.2, 0.25) is 5.91 Å². The van der Waals surface area contributed by atoms with Crippen molar-refractivity contribution in [3.05, 3.63) is 53.2 Å². The van der Waals surface area contributed by atoms with E-state index in [9.17, 15) is 9.18 Å². The van der Waals surface area contributed by atoms with Crippen LogP contribution in [-0.4, -0.2) is 17.6 Å². The number of hydrogen-bond acceptors (Lipinski definition) is 3. The second-order valence-corrected chi connectivity index (χ2v) is 5.20. The summed E-state index contributed by atoms with van der Waals surface area (Å²) in [6, 6.07) is 8.09. The van der Waals surface area contributed by atoms with Gasteiger partial charge in [0.05, 0.1) is 5.69 Å². The van der Waals surface area contributed by atoms with Crippen molar-refractivity contribution in [3.63, 3.8) is 0 Å². The quantitative estimate of drug-likeness (QED) is 0.890. The van der Waals surface area contributed by atoms with Crippen molar-refractivity contribution in [2.45, 2.75) is 26.7 Å². The van der Waals surface area contributed by atoms with Gasteiger partial charge < -0.3 is 9.84 Å². The number of rotatable bonds is 6. The molecule has 21 heavy (non-hydrogen) atoms. The second-order valence-electron chi connectivity index (χ2n) is 5.20. The van der Waals surface area contributed by atoms with E-state index in [4.69, 9.17) is 4.52 Å². The summed E-state index contributed by atoms with van der Waals surface area (Å²) in [4.78, 5) is 12.0. The molecule has 0 bridgehead atoms. The Morgan fingerprint density at radius 3 is 2.71 bits per heavy atom. The third kappa shape index (κ3) is 4.70. The molecule has 1 atom stereocenters. The first-order valence-corrected chi connectivity index (χ1v) is 6.99. The molecule has 0 aliphatic carbocycles. The number of aryl methyl sites for hydroxylation is 1. The first-order valence-electron chi connectivity index (χ1n) is 6.99. The minimum atomic E-state index is -0.265. The maximum Gasteiger partial charge on any atom is 0.223 e. The Morgan fingerprint density at radius 1 is 1.38 bits per heavy atom. The average Bonchev–Trinajstić information content (AvgIpc) is 2.87. The van der Waals surface area contributed by atoms with Gasteiger partial charge in [0.25, 0.3) is 0 Å². The summed E-state index contributed by atoms with van der Waals surface area (Å²) < 4.78 is 17.8. The van der Waals surface area contributed by atoms with Crippen LogP contribution in [-0.2, 0) is 17.6 Å². The standard InChI is InChI=1S/C16H19FN2O2/c1-11(9-13-3-5-14(17)6-4-13)16(20)18-8-7-15-10-12(2)21-19-15/h3-6,10-11H,7-9H2,1-2H3,(H,18,20). The van der Waals surface area contributed by atoms with Gasteiger partial charge in [-0.1, -0.05) is 24.2 Å². The Balaban J connectivity index is 1.75. The highest BCUT2D eigenvalue weighted by molar-refractivity contribution is 5.78. The van der Waals surface area contributed by atoms with Crippen molar-refractivity contribution in [3.8, 4) is 0 Å². The van der Waals surface area contributed by atoms with Crippen molar-refractivity contribution in [2.75, 3.05) is 6.54 Å². The van der Waals surface area contributed by atoms with Gasteiger partial charge in [-0.25, -0.2) is 4.39 Å². The first-order chi connectivity index (χ1) is 10.0. The molecule has 2 aromatic rings. The van der Waals surface area contributed by atoms with Gasteiger partial charge in [0, 0.05) is 24.9 Å². The summed E-state index contributed by atoms with van der Waals surface area (Å²) in [6.45, 7) is 4.22. The Bertz CT molecular complexity index is 593. The maximum absolute atomic E-state index is 12.8. The second kappa shape index (κ2) is 7.02. The van der Waals surface area contributed by atoms with Crippen LogP contribution in [0.2, 0.25) is 0 Å². The van der Waals surface area contributed by atoms with E-state index in [0.717, 1.165) is 17.0 Å². The smallest absolute Gasteiger partial charge is 0.223 e. The van der Waals surface area contributed by atoms with Gasteiger partial charge in [-0.2, -0.15) is 0 Å². The van der Waals surface area contributed by atoms with Crippen molar-refractivity contribution < 1.29 is 13.7 Å². The molecule has 1 amide bonds. The fourth-order valence-electron chi connectivity index (χ4n) is 2.09. The zero-order chi connectivity index (χ0) is 15.2. The average molecular weight is 290 g/mol. The minimum absolute atomic E-state index is 0.0143. The molecule has 1 heterocycles. The molecule has 0 saturated heterocycles. The van der Waals surface area contributed by atoms with Crippen molar-refractivity contribution >= 4 is 5.91 Å². The van der Waals surface area contributed by atoms with Crippen LogP contribution in [0.1, 0.15) is 23.9 Å². The van der Waals surface area contributed by atoms with E-state index in [-0.39, 0.29) is 17.6 Å². The van der Waals surface area contributed by atoms with Crippen LogP contribution < -0.4 is 5.32 Å². The van der Waals surface area contributed by atoms with Crippen LogP contribution >= 0.6 is 0 Å². The molecule has 112 valence electrons. The van der Waals surface area contributed by atoms with Gasteiger partial charge in [0.1, 0.15) is 11.6 Å². The topological polar surface area (TPSA) is 55.1 Å². The van der Waals surface area contributed by atoms with Crippen molar-refractivity contribution in [1.29, 1.82) is 0 Å². The number of nitrogens with one attached hydrogen (secondary N) is 1. The van der Waals surface area contributed by atoms with E-state index >= 15 is 0 Å². The lowest BCUT2D eigenvalue weighted by molar-refractivity contribution is -0.124. The van der Waals surface area contributed by atoms with E-state index in [2.05, 4.69) is 10.5 Å². The van der Waals surface area contributed by atoms with E-state index in [1.807, 2.05) is 19.9 Å². The molecule has 0 aliphatic heterocycles. The summed E-state index contributed by atoms with van der Waals surface area (Å²) in [5.41, 5.74) is 1.78. The highest BCUT2D eigenvalue weighted by atomic mass is 19.1. The van der Waals surface area contributed by atoms with Crippen LogP contribution in [0.25, 0.3) is 0 Å². The zero-order valence-corrected chi connectivity index (χ0v) is 12.2. The van der Waals surface area contributed by atoms with E-state index < -0.39 is 0 Å². The normalized spacial score (nSPS) is 12.1. The highest BCUT2D eigenvalue weighted by Gasteiger charge is 2.13. The highest BCUT2D eigenvalue weighted by Crippen LogP contribution is 2.10. The third-order valence-electron chi connectivity index (χ3n) is 3.26. The van der Waals surface area contributed by atoms with Crippen LogP contribution in [0.15, 0.2) is 34.9 Å². The molecule has 1 N–H and O–H groups in total. The number of carbonyl (C=O) groups excluding carboxylic acids is 1. The maximum atomic E-state index is 12.8. The van der Waals surface area contributed by atoms with Crippen LogP contribution in [0.3, 0.4) is 0 Å². The fourth-order valence-corrected chi connectivity index (χ4v) is 2.09. The van der Waals surface area contributed by atoms with Gasteiger partial charge in [-0.3, -0.25) is 4.79 Å². The number of benzene rings is 1. The van der Waals surface area contributed by atoms with Gasteiger partial charge >= 0.3 is 0 Å². The molecule has 1 unspecified atom stereocenters. The lowest BCUT2D eigenvalue weighted by Gasteiger charge is -2.11. The largest absolute Gasteiger partial charge is 0.361 e. The zero-order valence-electron chi connectivity index (χ0n) is 12.2. The van der Waals surface area contributed by atoms with Crippen molar-refractivity contribution in [2.24, 2.45) is 5.92 Å². The lowest BCUT2D eigenvalue weighted by Crippen LogP contribution is -2.31. The SMILES string of the molecule is Cc1cc(CCNC(=O)C(C)Cc2ccc(F)cc2)no1. The Kier molecular flexibility index (Phi) is 5.09. The van der Waals surface area contributed by atoms with Gasteiger partial charge in [0.15, 0.2) is 0 Å². The summed E-state index contributed by atoms with van der Waals surface area (Å²) in [5, 5.41) is 6.75. The minimum Gasteiger partial charge on any atom is -0.361 e. The molecule has 4 nitrogen and oxygen atoms in total. The van der Waals surface area contributed by atoms with E-state index in [0.29, 0.717) is 19.4 Å². The summed E-state index contributed by atoms with van der Waals surface area (Å²) in [7, 11) is 0. The third-order valence-corrected chi connectivity index (χ3v) is 3.26. The number of amides is 1. The monoisotopic (exact) mass is 290 g/mol. The number of halogens is 1. The molecular weight excluding hydrogens is 271 g/mol. The van der Waals surface area contributed by atoms with E-state index in [1.165, 1.54) is 12.1 Å². The number of aromatic nitrogens is 1. The number of nitrogens with zero attached hydrogens (tertiary/aromatic N) is 1. The predicted octanol–water partition coefficient (Wildman–Crippen LogP) is 2.66. The Morgan fingerprint density at radius 2 is 2.10 bits per heavy atom. The molecular formula is C16H19FN2O2. The number of hydrogen-bond donors (Lipinski definition) is 1. The summed E-state index contributed by atoms with van der Waals surface area (Å²) in [6.07, 6.45) is 1.24. The Labute approximate surface area is 123 Å². The molecule has 0 fully saturated rings. The van der Waals surface area contributed by atoms with Crippen LogP contribution in [0, 0.1) is 18.7 Å². The molecule has 0 saturated carbocycles. The molecule has 1 aromatic carbocycles. The van der Waals surface area contributed by atoms with Crippen LogP contribution in [0.5, 0.6) is 0 Å². The first kappa shape index (κ1) is 15.2. The molecule has 0 aliphatic rings. The van der Waals surface area contributed by atoms with E-state index in [1.54, 1.807) is 12.1 Å². The fraction of sp³-hybridized carbons (Fsp3) is 0.375. The molecule has 2 rings (SSSR count). The summed E-state index contributed by atoms with van der Waals surface area (Å²) in [5.74, 6) is 0.328. The molecule has 0 spiro atoms. The molecule has 0 radical (unpaired) electrons. The van der Waals surface area contributed by atoms with Crippen LogP contribution in [0.4, 0.5) is 4.39 Å². The molecule has 5 heteroatoms. The Hall–Kier alpha value is -2.17. The number of carbonyl (C=O) groups is 1.